The second-order valence-corrected chi connectivity index (χ2v) is 12.6. The number of nitrogens with one attached hydrogen (secondary N) is 4. The third-order valence-electron chi connectivity index (χ3n) is 7.57. The summed E-state index contributed by atoms with van der Waals surface area (Å²) in [4.78, 5) is 46.4. The van der Waals surface area contributed by atoms with E-state index in [0.29, 0.717) is 19.6 Å². The van der Waals surface area contributed by atoms with Gasteiger partial charge in [-0.3, -0.25) is 19.8 Å². The first-order valence-electron chi connectivity index (χ1n) is 14.4. The van der Waals surface area contributed by atoms with Gasteiger partial charge in [-0.05, 0) is 31.6 Å². The molecule has 2 aliphatic heterocycles. The highest BCUT2D eigenvalue weighted by atomic mass is 32.2. The molecule has 0 radical (unpaired) electrons. The number of rotatable bonds is 14. The summed E-state index contributed by atoms with van der Waals surface area (Å²) >= 11 is 0. The number of likely N-dealkylation sites (tertiary alicyclic amines) is 1. The molecule has 3 aliphatic rings. The maximum absolute atomic E-state index is 13.8. The predicted molar refractivity (Wildman–Crippen MR) is 152 cm³/mol. The highest BCUT2D eigenvalue weighted by Crippen LogP contribution is 2.27. The van der Waals surface area contributed by atoms with Crippen LogP contribution in [-0.4, -0.2) is 127 Å². The first-order valence-corrected chi connectivity index (χ1v) is 15.8. The molecular weight excluding hydrogens is 568 g/mol. The Morgan fingerprint density at radius 3 is 2.55 bits per heavy atom. The SMILES string of the molecule is N=C(N)N1CCC[C@@H](CNC(=O)C[C@H](NS(=O)(=O)N2CCOCC2)C(=O)N(CCNC(=O)Cn2ccnc2)C2CC2)C1. The van der Waals surface area contributed by atoms with E-state index in [9.17, 15) is 22.8 Å². The van der Waals surface area contributed by atoms with Gasteiger partial charge in [-0.2, -0.15) is 17.4 Å². The van der Waals surface area contributed by atoms with E-state index in [1.807, 2.05) is 0 Å². The summed E-state index contributed by atoms with van der Waals surface area (Å²) in [6, 6.07) is -1.40. The topological polar surface area (TPSA) is 208 Å². The lowest BCUT2D eigenvalue weighted by molar-refractivity contribution is -0.136. The molecule has 3 heterocycles. The van der Waals surface area contributed by atoms with E-state index in [2.05, 4.69) is 20.3 Å². The molecule has 0 spiro atoms. The number of nitrogens with two attached hydrogens (primary N) is 1. The van der Waals surface area contributed by atoms with E-state index in [-0.39, 0.29) is 76.2 Å². The van der Waals surface area contributed by atoms with Crippen LogP contribution in [-0.2, 0) is 35.9 Å². The molecule has 2 saturated heterocycles. The lowest BCUT2D eigenvalue weighted by Gasteiger charge is -2.33. The normalized spacial score (nSPS) is 20.5. The molecule has 0 aromatic carbocycles. The zero-order chi connectivity index (χ0) is 30.1. The van der Waals surface area contributed by atoms with Crippen molar-refractivity contribution >= 4 is 33.9 Å². The summed E-state index contributed by atoms with van der Waals surface area (Å²) in [5.74, 6) is -1.13. The Balaban J connectivity index is 1.38. The van der Waals surface area contributed by atoms with E-state index in [1.165, 1.54) is 10.6 Å². The number of piperidine rings is 1. The summed E-state index contributed by atoms with van der Waals surface area (Å²) in [5, 5.41) is 13.3. The van der Waals surface area contributed by atoms with Crippen LogP contribution in [0, 0.1) is 11.3 Å². The summed E-state index contributed by atoms with van der Waals surface area (Å²) in [6.45, 7) is 2.79. The van der Waals surface area contributed by atoms with Crippen LogP contribution in [0.3, 0.4) is 0 Å². The number of ether oxygens (including phenoxy) is 1. The lowest BCUT2D eigenvalue weighted by Crippen LogP contribution is -2.56. The van der Waals surface area contributed by atoms with Crippen molar-refractivity contribution < 1.29 is 27.5 Å². The van der Waals surface area contributed by atoms with Gasteiger partial charge < -0.3 is 35.5 Å². The van der Waals surface area contributed by atoms with Gasteiger partial charge in [0.15, 0.2) is 5.96 Å². The maximum Gasteiger partial charge on any atom is 0.280 e. The number of imidazole rings is 1. The fourth-order valence-corrected chi connectivity index (χ4v) is 6.49. The molecule has 234 valence electrons. The van der Waals surface area contributed by atoms with Crippen LogP contribution < -0.4 is 21.1 Å². The molecule has 0 unspecified atom stereocenters. The van der Waals surface area contributed by atoms with Gasteiger partial charge in [0, 0.05) is 64.2 Å². The fourth-order valence-electron chi connectivity index (χ4n) is 5.16. The Morgan fingerprint density at radius 2 is 1.88 bits per heavy atom. The molecule has 0 bridgehead atoms. The monoisotopic (exact) mass is 610 g/mol. The van der Waals surface area contributed by atoms with Crippen molar-refractivity contribution in [2.75, 3.05) is 59.0 Å². The minimum Gasteiger partial charge on any atom is -0.379 e. The molecule has 3 amide bonds. The molecule has 1 aromatic heterocycles. The number of nitrogens with zero attached hydrogens (tertiary/aromatic N) is 5. The third kappa shape index (κ3) is 9.37. The van der Waals surface area contributed by atoms with Crippen molar-refractivity contribution in [2.24, 2.45) is 11.7 Å². The highest BCUT2D eigenvalue weighted by Gasteiger charge is 2.39. The van der Waals surface area contributed by atoms with Crippen LogP contribution in [0.5, 0.6) is 0 Å². The van der Waals surface area contributed by atoms with Crippen LogP contribution in [0.1, 0.15) is 32.1 Å². The van der Waals surface area contributed by atoms with Crippen LogP contribution in [0.4, 0.5) is 0 Å². The maximum atomic E-state index is 13.8. The van der Waals surface area contributed by atoms with Crippen molar-refractivity contribution in [1.82, 2.24) is 39.0 Å². The lowest BCUT2D eigenvalue weighted by atomic mass is 9.98. The minimum absolute atomic E-state index is 0.00714. The number of hydrogen-bond acceptors (Lipinski definition) is 8. The third-order valence-corrected chi connectivity index (χ3v) is 9.19. The van der Waals surface area contributed by atoms with Crippen LogP contribution in [0.15, 0.2) is 18.7 Å². The molecule has 2 atom stereocenters. The van der Waals surface area contributed by atoms with Gasteiger partial charge in [0.2, 0.25) is 17.7 Å². The Hall–Kier alpha value is -3.28. The summed E-state index contributed by atoms with van der Waals surface area (Å²) in [5.41, 5.74) is 5.62. The number of hydrogen-bond donors (Lipinski definition) is 5. The summed E-state index contributed by atoms with van der Waals surface area (Å²) in [7, 11) is -4.07. The number of carbonyl (C=O) groups excluding carboxylic acids is 3. The average molecular weight is 611 g/mol. The molecule has 42 heavy (non-hydrogen) atoms. The predicted octanol–water partition coefficient (Wildman–Crippen LogP) is -2.36. The van der Waals surface area contributed by atoms with Gasteiger partial charge in [-0.25, -0.2) is 4.98 Å². The zero-order valence-corrected chi connectivity index (χ0v) is 24.6. The van der Waals surface area contributed by atoms with Crippen molar-refractivity contribution in [1.29, 1.82) is 5.41 Å². The Bertz CT molecular complexity index is 1190. The zero-order valence-electron chi connectivity index (χ0n) is 23.7. The molecule has 17 heteroatoms. The van der Waals surface area contributed by atoms with Gasteiger partial charge in [0.25, 0.3) is 10.2 Å². The summed E-state index contributed by atoms with van der Waals surface area (Å²) in [6.07, 6.45) is 7.63. The molecule has 6 N–H and O–H groups in total. The van der Waals surface area contributed by atoms with E-state index in [1.54, 1.807) is 26.8 Å². The summed E-state index contributed by atoms with van der Waals surface area (Å²) < 4.78 is 37.0. The Labute approximate surface area is 246 Å². The second kappa shape index (κ2) is 14.8. The fraction of sp³-hybridized carbons (Fsp3) is 0.720. The molecule has 1 saturated carbocycles. The second-order valence-electron chi connectivity index (χ2n) is 10.9. The van der Waals surface area contributed by atoms with E-state index >= 15 is 0 Å². The number of carbonyl (C=O) groups is 3. The molecule has 1 aromatic rings. The van der Waals surface area contributed by atoms with Crippen molar-refractivity contribution in [2.45, 2.75) is 50.7 Å². The van der Waals surface area contributed by atoms with Gasteiger partial charge >= 0.3 is 0 Å². The largest absolute Gasteiger partial charge is 0.379 e. The van der Waals surface area contributed by atoms with Crippen molar-refractivity contribution in [3.05, 3.63) is 18.7 Å². The molecule has 3 fully saturated rings. The average Bonchev–Trinajstić information content (AvgIpc) is 3.69. The molecular formula is C25H42N10O6S. The van der Waals surface area contributed by atoms with Crippen molar-refractivity contribution in [3.8, 4) is 0 Å². The Kier molecular flexibility index (Phi) is 11.1. The number of guanidine groups is 1. The first-order chi connectivity index (χ1) is 20.1. The molecule has 1 aliphatic carbocycles. The number of aromatic nitrogens is 2. The van der Waals surface area contributed by atoms with Crippen LogP contribution >= 0.6 is 0 Å². The molecule has 4 rings (SSSR count). The number of amides is 3. The highest BCUT2D eigenvalue weighted by molar-refractivity contribution is 7.87. The smallest absolute Gasteiger partial charge is 0.280 e. The molecule has 16 nitrogen and oxygen atoms in total. The Morgan fingerprint density at radius 1 is 1.12 bits per heavy atom. The quantitative estimate of drug-likeness (QED) is 0.113. The van der Waals surface area contributed by atoms with E-state index in [0.717, 1.165) is 25.7 Å². The van der Waals surface area contributed by atoms with Crippen LogP contribution in [0.25, 0.3) is 0 Å². The standard InChI is InChI=1S/C25H42N10O6S/c26-25(27)33-7-1-2-19(16-33)15-30-22(36)14-21(31-42(39,40)34-10-12-41-13-11-34)24(38)35(20-3-4-20)9-6-29-23(37)17-32-8-5-28-18-32/h5,8,18-21,31H,1-4,6-7,9-17H2,(H3,26,27)(H,29,37)(H,30,36)/t19-,21-/m0/s1. The van der Waals surface area contributed by atoms with Gasteiger partial charge in [0.05, 0.1) is 26.0 Å². The first kappa shape index (κ1) is 31.7. The van der Waals surface area contributed by atoms with Crippen molar-refractivity contribution in [3.63, 3.8) is 0 Å². The van der Waals surface area contributed by atoms with Gasteiger partial charge in [0.1, 0.15) is 12.6 Å². The minimum atomic E-state index is -4.07. The van der Waals surface area contributed by atoms with E-state index < -0.39 is 28.1 Å². The van der Waals surface area contributed by atoms with Crippen LogP contribution in [0.2, 0.25) is 0 Å². The van der Waals surface area contributed by atoms with Gasteiger partial charge in [-0.15, -0.1) is 0 Å². The van der Waals surface area contributed by atoms with Gasteiger partial charge in [-0.1, -0.05) is 0 Å². The number of morpholine rings is 1. The van der Waals surface area contributed by atoms with E-state index in [4.69, 9.17) is 15.9 Å².